The van der Waals surface area contributed by atoms with Crippen LogP contribution in [0.25, 0.3) is 5.82 Å². The van der Waals surface area contributed by atoms with Gasteiger partial charge in [-0.3, -0.25) is 9.36 Å². The van der Waals surface area contributed by atoms with Crippen LogP contribution in [0.3, 0.4) is 0 Å². The van der Waals surface area contributed by atoms with E-state index in [2.05, 4.69) is 9.97 Å². The van der Waals surface area contributed by atoms with Crippen molar-refractivity contribution in [1.29, 1.82) is 0 Å². The molecule has 6 heteroatoms. The van der Waals surface area contributed by atoms with E-state index in [1.807, 2.05) is 60.5 Å². The third kappa shape index (κ3) is 3.23. The fourth-order valence-electron chi connectivity index (χ4n) is 3.20. The van der Waals surface area contributed by atoms with Gasteiger partial charge in [0, 0.05) is 25.1 Å². The number of ether oxygens (including phenoxy) is 1. The van der Waals surface area contributed by atoms with E-state index >= 15 is 0 Å². The van der Waals surface area contributed by atoms with Crippen LogP contribution in [0, 0.1) is 0 Å². The number of aromatic nitrogens is 3. The van der Waals surface area contributed by atoms with Crippen LogP contribution < -0.4 is 0 Å². The first kappa shape index (κ1) is 16.5. The Labute approximate surface area is 152 Å². The number of carbonyl (C=O) groups is 1. The molecule has 1 aliphatic heterocycles. The van der Waals surface area contributed by atoms with Crippen LogP contribution in [0.1, 0.15) is 28.9 Å². The van der Waals surface area contributed by atoms with Gasteiger partial charge >= 0.3 is 0 Å². The molecule has 0 radical (unpaired) electrons. The first-order chi connectivity index (χ1) is 12.7. The van der Waals surface area contributed by atoms with Crippen LogP contribution in [0.4, 0.5) is 0 Å². The number of hydrogen-bond acceptors (Lipinski definition) is 4. The van der Waals surface area contributed by atoms with Gasteiger partial charge in [0.2, 0.25) is 0 Å². The van der Waals surface area contributed by atoms with E-state index in [1.54, 1.807) is 23.3 Å². The minimum atomic E-state index is -0.0896. The number of nitrogens with zero attached hydrogens (tertiary/aromatic N) is 4. The first-order valence-electron chi connectivity index (χ1n) is 8.64. The second-order valence-electron chi connectivity index (χ2n) is 6.40. The van der Waals surface area contributed by atoms with E-state index in [4.69, 9.17) is 4.74 Å². The molecular formula is C20H20N4O2. The molecule has 4 rings (SSSR count). The van der Waals surface area contributed by atoms with Crippen LogP contribution in [0.5, 0.6) is 0 Å². The maximum atomic E-state index is 13.1. The number of carbonyl (C=O) groups excluding carboxylic acids is 1. The number of morpholine rings is 1. The van der Waals surface area contributed by atoms with Crippen LogP contribution >= 0.6 is 0 Å². The van der Waals surface area contributed by atoms with E-state index in [9.17, 15) is 4.79 Å². The summed E-state index contributed by atoms with van der Waals surface area (Å²) >= 11 is 0. The molecule has 0 N–H and O–H groups in total. The van der Waals surface area contributed by atoms with Gasteiger partial charge in [-0.1, -0.05) is 30.3 Å². The molecule has 1 fully saturated rings. The van der Waals surface area contributed by atoms with E-state index in [0.29, 0.717) is 18.7 Å². The smallest absolute Gasteiger partial charge is 0.256 e. The summed E-state index contributed by atoms with van der Waals surface area (Å²) in [5.41, 5.74) is 1.65. The molecule has 1 saturated heterocycles. The molecule has 132 valence electrons. The van der Waals surface area contributed by atoms with Crippen LogP contribution in [0.15, 0.2) is 67.4 Å². The molecule has 1 aromatic carbocycles. The molecule has 1 amide bonds. The average Bonchev–Trinajstić information content (AvgIpc) is 3.23. The molecule has 0 aliphatic carbocycles. The highest BCUT2D eigenvalue weighted by Gasteiger charge is 2.32. The number of benzene rings is 1. The average molecular weight is 348 g/mol. The van der Waals surface area contributed by atoms with Crippen molar-refractivity contribution in [3.8, 4) is 5.82 Å². The summed E-state index contributed by atoms with van der Waals surface area (Å²) in [6.07, 6.45) is 6.83. The van der Waals surface area contributed by atoms with Gasteiger partial charge < -0.3 is 9.64 Å². The predicted molar refractivity (Wildman–Crippen MR) is 97.0 cm³/mol. The Morgan fingerprint density at radius 1 is 1.19 bits per heavy atom. The van der Waals surface area contributed by atoms with Gasteiger partial charge in [0.05, 0.1) is 24.3 Å². The lowest BCUT2D eigenvalue weighted by Gasteiger charge is -2.39. The van der Waals surface area contributed by atoms with E-state index in [1.165, 1.54) is 0 Å². The molecular weight excluding hydrogens is 328 g/mol. The lowest BCUT2D eigenvalue weighted by Crippen LogP contribution is -2.46. The summed E-state index contributed by atoms with van der Waals surface area (Å²) in [7, 11) is 0. The van der Waals surface area contributed by atoms with Crippen LogP contribution in [0.2, 0.25) is 0 Å². The molecule has 0 saturated carbocycles. The summed E-state index contributed by atoms with van der Waals surface area (Å²) in [6, 6.07) is 13.6. The quantitative estimate of drug-likeness (QED) is 0.730. The third-order valence-corrected chi connectivity index (χ3v) is 4.58. The molecule has 2 aromatic heterocycles. The highest BCUT2D eigenvalue weighted by atomic mass is 16.5. The SMILES string of the molecule is C[C@H]1CN(C(=O)c2ccc(-n3ccnc3)nc2)[C@@H](c2ccccc2)CO1. The number of hydrogen-bond donors (Lipinski definition) is 0. The lowest BCUT2D eigenvalue weighted by molar-refractivity contribution is -0.0447. The summed E-state index contributed by atoms with van der Waals surface area (Å²) in [5, 5.41) is 0. The van der Waals surface area contributed by atoms with E-state index in [0.717, 1.165) is 11.4 Å². The van der Waals surface area contributed by atoms with Crippen LogP contribution in [-0.4, -0.2) is 44.6 Å². The summed E-state index contributed by atoms with van der Waals surface area (Å²) in [4.78, 5) is 23.4. The highest BCUT2D eigenvalue weighted by Crippen LogP contribution is 2.27. The number of pyridine rings is 1. The number of amides is 1. The summed E-state index contributed by atoms with van der Waals surface area (Å²) < 4.78 is 7.61. The summed E-state index contributed by atoms with van der Waals surface area (Å²) in [6.45, 7) is 3.04. The Morgan fingerprint density at radius 3 is 2.73 bits per heavy atom. The second kappa shape index (κ2) is 7.09. The van der Waals surface area contributed by atoms with Gasteiger partial charge in [0.25, 0.3) is 5.91 Å². The van der Waals surface area contributed by atoms with E-state index in [-0.39, 0.29) is 18.1 Å². The standard InChI is InChI=1S/C20H20N4O2/c1-15-12-24(18(13-26-15)16-5-3-2-4-6-16)20(25)17-7-8-19(22-11-17)23-10-9-21-14-23/h2-11,14-15,18H,12-13H2,1H3/t15-,18+/m0/s1. The second-order valence-corrected chi connectivity index (χ2v) is 6.40. The van der Waals surface area contributed by atoms with Gasteiger partial charge in [0.1, 0.15) is 12.1 Å². The van der Waals surface area contributed by atoms with Gasteiger partial charge in [-0.2, -0.15) is 0 Å². The number of imidazole rings is 1. The zero-order valence-corrected chi connectivity index (χ0v) is 14.5. The maximum Gasteiger partial charge on any atom is 0.256 e. The Hall–Kier alpha value is -2.99. The zero-order chi connectivity index (χ0) is 17.9. The predicted octanol–water partition coefficient (Wildman–Crippen LogP) is 2.87. The molecule has 2 atom stereocenters. The van der Waals surface area contributed by atoms with Crippen molar-refractivity contribution in [2.45, 2.75) is 19.1 Å². The van der Waals surface area contributed by atoms with Gasteiger partial charge in [-0.25, -0.2) is 9.97 Å². The maximum absolute atomic E-state index is 13.1. The molecule has 3 aromatic rings. The molecule has 6 nitrogen and oxygen atoms in total. The highest BCUT2D eigenvalue weighted by molar-refractivity contribution is 5.94. The minimum absolute atomic E-state index is 0.0112. The minimum Gasteiger partial charge on any atom is -0.374 e. The fourth-order valence-corrected chi connectivity index (χ4v) is 3.20. The molecule has 0 unspecified atom stereocenters. The Morgan fingerprint density at radius 2 is 2.04 bits per heavy atom. The molecule has 1 aliphatic rings. The molecule has 26 heavy (non-hydrogen) atoms. The molecule has 0 bridgehead atoms. The van der Waals surface area contributed by atoms with Gasteiger partial charge in [-0.15, -0.1) is 0 Å². The lowest BCUT2D eigenvalue weighted by atomic mass is 10.0. The fraction of sp³-hybridized carbons (Fsp3) is 0.250. The van der Waals surface area contributed by atoms with Crippen molar-refractivity contribution in [3.05, 3.63) is 78.5 Å². The van der Waals surface area contributed by atoms with E-state index < -0.39 is 0 Å². The van der Waals surface area contributed by atoms with Crippen molar-refractivity contribution >= 4 is 5.91 Å². The van der Waals surface area contributed by atoms with Crippen molar-refractivity contribution in [1.82, 2.24) is 19.4 Å². The van der Waals surface area contributed by atoms with Crippen molar-refractivity contribution in [2.75, 3.05) is 13.2 Å². The first-order valence-corrected chi connectivity index (χ1v) is 8.64. The molecule has 0 spiro atoms. The van der Waals surface area contributed by atoms with Crippen molar-refractivity contribution < 1.29 is 9.53 Å². The zero-order valence-electron chi connectivity index (χ0n) is 14.5. The van der Waals surface area contributed by atoms with Gasteiger partial charge in [-0.05, 0) is 24.6 Å². The largest absolute Gasteiger partial charge is 0.374 e. The van der Waals surface area contributed by atoms with Gasteiger partial charge in [0.15, 0.2) is 0 Å². The monoisotopic (exact) mass is 348 g/mol. The third-order valence-electron chi connectivity index (χ3n) is 4.58. The Bertz CT molecular complexity index is 863. The Kier molecular flexibility index (Phi) is 4.50. The van der Waals surface area contributed by atoms with Crippen molar-refractivity contribution in [3.63, 3.8) is 0 Å². The molecule has 3 heterocycles. The topological polar surface area (TPSA) is 60.2 Å². The van der Waals surface area contributed by atoms with Crippen LogP contribution in [-0.2, 0) is 4.74 Å². The Balaban J connectivity index is 1.60. The van der Waals surface area contributed by atoms with Crippen molar-refractivity contribution in [2.24, 2.45) is 0 Å². The summed E-state index contributed by atoms with van der Waals surface area (Å²) in [5.74, 6) is 0.702. The normalized spacial score (nSPS) is 20.1. The number of rotatable bonds is 3.